The molecule has 2 aromatic heterocycles. The number of pyridine rings is 1. The number of carbonyl (C=O) groups excluding carboxylic acids is 2. The van der Waals surface area contributed by atoms with Crippen LogP contribution in [0.4, 0.5) is 11.4 Å². The van der Waals surface area contributed by atoms with Gasteiger partial charge in [-0.3, -0.25) is 4.79 Å². The number of amides is 1. The molecule has 4 rings (SSSR count). The quantitative estimate of drug-likeness (QED) is 0.450. The van der Waals surface area contributed by atoms with Crippen LogP contribution < -0.4 is 10.6 Å². The average molecular weight is 453 g/mol. The maximum Gasteiger partial charge on any atom is 0.356 e. The first-order valence-electron chi connectivity index (χ1n) is 11.0. The van der Waals surface area contributed by atoms with E-state index in [-0.39, 0.29) is 24.2 Å². The van der Waals surface area contributed by atoms with Crippen LogP contribution in [-0.4, -0.2) is 59.0 Å². The molecule has 3 N–H and O–H groups in total. The van der Waals surface area contributed by atoms with Crippen LogP contribution in [0.1, 0.15) is 35.8 Å². The molecule has 1 fully saturated rings. The Kier molecular flexibility index (Phi) is 6.90. The Labute approximate surface area is 191 Å². The molecular formula is C24H28N4O5. The van der Waals surface area contributed by atoms with E-state index in [0.717, 1.165) is 12.0 Å². The molecule has 0 bridgehead atoms. The van der Waals surface area contributed by atoms with Gasteiger partial charge >= 0.3 is 5.97 Å². The molecule has 0 spiro atoms. The Balaban J connectivity index is 1.86. The minimum Gasteiger partial charge on any atom is -0.464 e. The molecule has 33 heavy (non-hydrogen) atoms. The van der Waals surface area contributed by atoms with E-state index in [1.54, 1.807) is 10.8 Å². The molecule has 0 unspecified atom stereocenters. The topological polar surface area (TPSA) is 115 Å². The summed E-state index contributed by atoms with van der Waals surface area (Å²) in [7, 11) is 1.31. The Hall–Kier alpha value is -3.43. The number of nitrogens with one attached hydrogen (secondary N) is 2. The van der Waals surface area contributed by atoms with Crippen LogP contribution in [0, 0.1) is 0 Å². The van der Waals surface area contributed by atoms with Crippen molar-refractivity contribution in [2.75, 3.05) is 31.0 Å². The number of methoxy groups -OCH3 is 1. The van der Waals surface area contributed by atoms with Crippen LogP contribution >= 0.6 is 0 Å². The molecule has 1 aliphatic rings. The number of hydrogen-bond acceptors (Lipinski definition) is 7. The molecule has 9 heteroatoms. The Bertz CT molecular complexity index is 1140. The third kappa shape index (κ3) is 4.84. The van der Waals surface area contributed by atoms with E-state index in [1.807, 2.05) is 43.3 Å². The second-order valence-electron chi connectivity index (χ2n) is 8.10. The average Bonchev–Trinajstić information content (AvgIpc) is 3.47. The molecule has 0 aliphatic carbocycles. The van der Waals surface area contributed by atoms with Crippen molar-refractivity contribution < 1.29 is 24.2 Å². The van der Waals surface area contributed by atoms with Crippen molar-refractivity contribution in [3.05, 3.63) is 53.9 Å². The third-order valence-corrected chi connectivity index (χ3v) is 5.62. The van der Waals surface area contributed by atoms with E-state index >= 15 is 0 Å². The van der Waals surface area contributed by atoms with Gasteiger partial charge in [-0.15, -0.1) is 0 Å². The monoisotopic (exact) mass is 452 g/mol. The number of fused-ring (bicyclic) bond motifs is 1. The van der Waals surface area contributed by atoms with Crippen LogP contribution in [-0.2, 0) is 20.8 Å². The molecule has 1 aromatic carbocycles. The Morgan fingerprint density at radius 2 is 2.12 bits per heavy atom. The molecular weight excluding hydrogens is 424 g/mol. The molecule has 9 nitrogen and oxygen atoms in total. The van der Waals surface area contributed by atoms with Gasteiger partial charge in [0, 0.05) is 24.6 Å². The van der Waals surface area contributed by atoms with Crippen LogP contribution in [0.25, 0.3) is 11.0 Å². The van der Waals surface area contributed by atoms with Crippen molar-refractivity contribution >= 4 is 34.3 Å². The van der Waals surface area contributed by atoms with E-state index in [0.29, 0.717) is 42.0 Å². The number of aliphatic hydroxyl groups is 1. The Morgan fingerprint density at radius 1 is 1.33 bits per heavy atom. The number of aromatic nitrogens is 2. The van der Waals surface area contributed by atoms with Gasteiger partial charge in [0.15, 0.2) is 5.69 Å². The molecule has 1 aliphatic heterocycles. The highest BCUT2D eigenvalue weighted by atomic mass is 16.5. The first kappa shape index (κ1) is 22.8. The standard InChI is InChI=1S/C24H28N4O5/c1-15(14-29)26-17-11-18-20(27-23(30)19-9-6-10-33-19)21(24(31)32-2)28(22(18)25-12-17)13-16-7-4-3-5-8-16/h3-5,7-8,11-12,15,19,26,29H,6,9-10,13-14H2,1-2H3,(H,27,30)/t15-,19-/m1/s1. The summed E-state index contributed by atoms with van der Waals surface area (Å²) in [5.41, 5.74) is 2.70. The SMILES string of the molecule is COC(=O)c1c(NC(=O)[C@H]2CCCO2)c2cc(N[C@H](C)CO)cnc2n1Cc1ccccc1. The van der Waals surface area contributed by atoms with E-state index in [9.17, 15) is 14.7 Å². The van der Waals surface area contributed by atoms with Crippen molar-refractivity contribution in [3.8, 4) is 0 Å². The van der Waals surface area contributed by atoms with Gasteiger partial charge < -0.3 is 29.8 Å². The van der Waals surface area contributed by atoms with Crippen molar-refractivity contribution in [1.29, 1.82) is 0 Å². The molecule has 0 radical (unpaired) electrons. The minimum absolute atomic E-state index is 0.0525. The summed E-state index contributed by atoms with van der Waals surface area (Å²) in [4.78, 5) is 30.5. The van der Waals surface area contributed by atoms with Crippen LogP contribution in [0.3, 0.4) is 0 Å². The number of aliphatic hydroxyl groups excluding tert-OH is 1. The molecule has 0 saturated carbocycles. The van der Waals surface area contributed by atoms with Gasteiger partial charge in [0.2, 0.25) is 0 Å². The molecule has 3 heterocycles. The minimum atomic E-state index is -0.579. The van der Waals surface area contributed by atoms with Crippen LogP contribution in [0.2, 0.25) is 0 Å². The van der Waals surface area contributed by atoms with Crippen molar-refractivity contribution in [1.82, 2.24) is 9.55 Å². The molecule has 174 valence electrons. The fourth-order valence-electron chi connectivity index (χ4n) is 3.98. The lowest BCUT2D eigenvalue weighted by atomic mass is 10.2. The lowest BCUT2D eigenvalue weighted by Crippen LogP contribution is -2.28. The zero-order valence-electron chi connectivity index (χ0n) is 18.7. The lowest BCUT2D eigenvalue weighted by molar-refractivity contribution is -0.124. The summed E-state index contributed by atoms with van der Waals surface area (Å²) in [6.07, 6.45) is 2.52. The number of anilines is 2. The summed E-state index contributed by atoms with van der Waals surface area (Å²) in [6.45, 7) is 2.69. The second kappa shape index (κ2) is 10.0. The number of nitrogens with zero attached hydrogens (tertiary/aromatic N) is 2. The molecule has 1 saturated heterocycles. The summed E-state index contributed by atoms with van der Waals surface area (Å²) in [5.74, 6) is -0.886. The number of carbonyl (C=O) groups is 2. The fraction of sp³-hybridized carbons (Fsp3) is 0.375. The summed E-state index contributed by atoms with van der Waals surface area (Å²) in [6, 6.07) is 11.3. The van der Waals surface area contributed by atoms with Gasteiger partial charge in [0.25, 0.3) is 5.91 Å². The second-order valence-corrected chi connectivity index (χ2v) is 8.10. The summed E-state index contributed by atoms with van der Waals surface area (Å²) < 4.78 is 12.4. The van der Waals surface area contributed by atoms with E-state index < -0.39 is 12.1 Å². The zero-order valence-corrected chi connectivity index (χ0v) is 18.7. The van der Waals surface area contributed by atoms with Crippen molar-refractivity contribution in [3.63, 3.8) is 0 Å². The number of ether oxygens (including phenoxy) is 2. The van der Waals surface area contributed by atoms with E-state index in [1.165, 1.54) is 7.11 Å². The van der Waals surface area contributed by atoms with Gasteiger partial charge in [-0.25, -0.2) is 9.78 Å². The van der Waals surface area contributed by atoms with Crippen LogP contribution in [0.5, 0.6) is 0 Å². The zero-order chi connectivity index (χ0) is 23.4. The van der Waals surface area contributed by atoms with Gasteiger partial charge in [-0.2, -0.15) is 0 Å². The Morgan fingerprint density at radius 3 is 2.79 bits per heavy atom. The van der Waals surface area contributed by atoms with Gasteiger partial charge in [0.05, 0.1) is 31.3 Å². The molecule has 1 amide bonds. The van der Waals surface area contributed by atoms with Crippen molar-refractivity contribution in [2.45, 2.75) is 38.5 Å². The van der Waals surface area contributed by atoms with E-state index in [4.69, 9.17) is 9.47 Å². The van der Waals surface area contributed by atoms with E-state index in [2.05, 4.69) is 15.6 Å². The van der Waals surface area contributed by atoms with Crippen molar-refractivity contribution in [2.24, 2.45) is 0 Å². The van der Waals surface area contributed by atoms with Gasteiger partial charge in [0.1, 0.15) is 11.8 Å². The highest BCUT2D eigenvalue weighted by molar-refractivity contribution is 6.12. The van der Waals surface area contributed by atoms with Gasteiger partial charge in [-0.1, -0.05) is 30.3 Å². The number of benzene rings is 1. The maximum absolute atomic E-state index is 12.9. The van der Waals surface area contributed by atoms with Crippen LogP contribution in [0.15, 0.2) is 42.6 Å². The largest absolute Gasteiger partial charge is 0.464 e. The summed E-state index contributed by atoms with van der Waals surface area (Å²) in [5, 5.41) is 16.1. The maximum atomic E-state index is 12.9. The number of hydrogen-bond donors (Lipinski definition) is 3. The predicted molar refractivity (Wildman–Crippen MR) is 124 cm³/mol. The highest BCUT2D eigenvalue weighted by Gasteiger charge is 2.30. The first-order chi connectivity index (χ1) is 16.0. The molecule has 2 atom stereocenters. The highest BCUT2D eigenvalue weighted by Crippen LogP contribution is 2.34. The fourth-order valence-corrected chi connectivity index (χ4v) is 3.98. The smallest absolute Gasteiger partial charge is 0.356 e. The number of rotatable bonds is 8. The summed E-state index contributed by atoms with van der Waals surface area (Å²) >= 11 is 0. The third-order valence-electron chi connectivity index (χ3n) is 5.62. The number of esters is 1. The predicted octanol–water partition coefficient (Wildman–Crippen LogP) is 2.78. The molecule has 3 aromatic rings. The lowest BCUT2D eigenvalue weighted by Gasteiger charge is -2.13. The normalized spacial score (nSPS) is 16.5. The van der Waals surface area contributed by atoms with Gasteiger partial charge in [-0.05, 0) is 31.4 Å². The first-order valence-corrected chi connectivity index (χ1v) is 11.0.